The van der Waals surface area contributed by atoms with Crippen molar-refractivity contribution in [3.8, 4) is 5.75 Å². The number of carbonyl (C=O) groups excluding carboxylic acids is 2. The number of rotatable bonds is 12. The van der Waals surface area contributed by atoms with Crippen LogP contribution in [0.4, 0.5) is 0 Å². The van der Waals surface area contributed by atoms with E-state index >= 15 is 0 Å². The van der Waals surface area contributed by atoms with Crippen molar-refractivity contribution in [1.29, 1.82) is 5.41 Å². The van der Waals surface area contributed by atoms with Gasteiger partial charge in [0.2, 0.25) is 0 Å². The normalized spacial score (nSPS) is 21.9. The second-order valence-corrected chi connectivity index (χ2v) is 14.5. The molecule has 2 amide bonds. The minimum atomic E-state index is -0.617. The highest BCUT2D eigenvalue weighted by Gasteiger charge is 2.52. The molecule has 1 unspecified atom stereocenters. The first-order valence-electron chi connectivity index (χ1n) is 16.4. The van der Waals surface area contributed by atoms with Crippen molar-refractivity contribution in [2.75, 3.05) is 13.2 Å². The number of allylic oxidation sites excluding steroid dienone is 1. The lowest BCUT2D eigenvalue weighted by Crippen LogP contribution is -2.51. The standard InChI is InChI=1S/C37H49N5O3/c1-24(2)26-15-19-37(20-16-26)41-33(29-7-6-8-30(21-29)45-23-25-9-10-25)35(44)42(37)31(17-18-36(3,4)5)27-11-13-28(14-12-27)34(43)40-22-32(38)39/h6-9,11-14,21,24,26,31H,10,15-20,22-23H2,1-5H3,(H3,38,39)(H,40,43). The first kappa shape index (κ1) is 32.5. The molecule has 1 heterocycles. The maximum absolute atomic E-state index is 14.7. The second-order valence-electron chi connectivity index (χ2n) is 14.5. The van der Waals surface area contributed by atoms with E-state index in [0.717, 1.165) is 61.8 Å². The van der Waals surface area contributed by atoms with Gasteiger partial charge in [-0.1, -0.05) is 65.0 Å². The Labute approximate surface area is 268 Å². The van der Waals surface area contributed by atoms with Crippen molar-refractivity contribution in [2.24, 2.45) is 28.0 Å². The van der Waals surface area contributed by atoms with Gasteiger partial charge in [0.05, 0.1) is 12.6 Å². The monoisotopic (exact) mass is 611 g/mol. The highest BCUT2D eigenvalue weighted by molar-refractivity contribution is 6.46. The number of amides is 2. The van der Waals surface area contributed by atoms with Crippen molar-refractivity contribution in [3.05, 3.63) is 76.9 Å². The second kappa shape index (κ2) is 13.2. The molecule has 240 valence electrons. The molecule has 4 N–H and O–H groups in total. The zero-order valence-corrected chi connectivity index (χ0v) is 27.5. The lowest BCUT2D eigenvalue weighted by Gasteiger charge is -2.46. The summed E-state index contributed by atoms with van der Waals surface area (Å²) in [5, 5.41) is 10.1. The van der Waals surface area contributed by atoms with E-state index in [-0.39, 0.29) is 35.7 Å². The number of nitrogens with zero attached hydrogens (tertiary/aromatic N) is 2. The van der Waals surface area contributed by atoms with E-state index < -0.39 is 5.66 Å². The molecule has 8 nitrogen and oxygen atoms in total. The molecule has 1 atom stereocenters. The van der Waals surface area contributed by atoms with Crippen LogP contribution in [0.3, 0.4) is 0 Å². The van der Waals surface area contributed by atoms with Crippen molar-refractivity contribution in [2.45, 2.75) is 91.3 Å². The number of amidine groups is 1. The average Bonchev–Trinajstić information content (AvgIpc) is 3.80. The van der Waals surface area contributed by atoms with Gasteiger partial charge < -0.3 is 20.7 Å². The SMILES string of the molecule is CC(C)C1CCC2(CC1)N=C(c1cccc(OCC3=CC3)c1)C(=O)N2C(CCC(C)(C)C)c1ccc(C(=O)NCC(=N)N)cc1. The molecule has 0 radical (unpaired) electrons. The Bertz CT molecular complexity index is 1480. The summed E-state index contributed by atoms with van der Waals surface area (Å²) in [5.74, 6) is 1.53. The predicted molar refractivity (Wildman–Crippen MR) is 180 cm³/mol. The van der Waals surface area contributed by atoms with Crippen molar-refractivity contribution < 1.29 is 14.3 Å². The Morgan fingerprint density at radius 2 is 1.84 bits per heavy atom. The van der Waals surface area contributed by atoms with E-state index in [2.05, 4.69) is 50.9 Å². The first-order chi connectivity index (χ1) is 21.3. The molecular formula is C37H49N5O3. The van der Waals surface area contributed by atoms with Crippen LogP contribution in [0.5, 0.6) is 5.75 Å². The smallest absolute Gasteiger partial charge is 0.275 e. The molecule has 8 heteroatoms. The van der Waals surface area contributed by atoms with Crippen LogP contribution in [0, 0.1) is 22.7 Å². The number of ether oxygens (including phenoxy) is 1. The molecule has 2 aromatic rings. The van der Waals surface area contributed by atoms with Gasteiger partial charge in [-0.25, -0.2) is 0 Å². The quantitative estimate of drug-likeness (QED) is 0.139. The minimum absolute atomic E-state index is 0.00117. The van der Waals surface area contributed by atoms with Gasteiger partial charge in [-0.3, -0.25) is 20.0 Å². The van der Waals surface area contributed by atoms with Crippen LogP contribution in [-0.4, -0.2) is 47.1 Å². The molecule has 1 saturated carbocycles. The lowest BCUT2D eigenvalue weighted by atomic mass is 9.75. The number of carbonyl (C=O) groups is 2. The Morgan fingerprint density at radius 3 is 2.44 bits per heavy atom. The van der Waals surface area contributed by atoms with Gasteiger partial charge in [-0.05, 0) is 97.6 Å². The van der Waals surface area contributed by atoms with Gasteiger partial charge in [0.15, 0.2) is 0 Å². The molecule has 2 aromatic carbocycles. The molecule has 3 aliphatic rings. The van der Waals surface area contributed by atoms with Crippen LogP contribution in [0.2, 0.25) is 0 Å². The number of hydrogen-bond acceptors (Lipinski definition) is 5. The average molecular weight is 612 g/mol. The van der Waals surface area contributed by atoms with E-state index in [1.54, 1.807) is 12.1 Å². The van der Waals surface area contributed by atoms with Gasteiger partial charge in [-0.2, -0.15) is 0 Å². The van der Waals surface area contributed by atoms with Crippen LogP contribution < -0.4 is 15.8 Å². The summed E-state index contributed by atoms with van der Waals surface area (Å²) in [6, 6.07) is 15.1. The summed E-state index contributed by atoms with van der Waals surface area (Å²) in [5.41, 5.74) is 8.97. The van der Waals surface area contributed by atoms with E-state index in [1.165, 1.54) is 5.57 Å². The molecule has 5 rings (SSSR count). The summed E-state index contributed by atoms with van der Waals surface area (Å²) in [6.45, 7) is 11.8. The van der Waals surface area contributed by atoms with E-state index in [9.17, 15) is 9.59 Å². The molecule has 0 bridgehead atoms. The minimum Gasteiger partial charge on any atom is -0.489 e. The third-order valence-corrected chi connectivity index (χ3v) is 9.46. The molecular weight excluding hydrogens is 562 g/mol. The van der Waals surface area contributed by atoms with E-state index in [1.807, 2.05) is 36.4 Å². The summed E-state index contributed by atoms with van der Waals surface area (Å²) < 4.78 is 6.02. The fourth-order valence-electron chi connectivity index (χ4n) is 6.60. The van der Waals surface area contributed by atoms with Crippen LogP contribution >= 0.6 is 0 Å². The number of nitrogens with two attached hydrogens (primary N) is 1. The first-order valence-corrected chi connectivity index (χ1v) is 16.4. The Morgan fingerprint density at radius 1 is 1.16 bits per heavy atom. The number of hydrogen-bond donors (Lipinski definition) is 3. The Kier molecular flexibility index (Phi) is 9.52. The molecule has 1 aliphatic heterocycles. The van der Waals surface area contributed by atoms with Crippen molar-refractivity contribution >= 4 is 23.4 Å². The van der Waals surface area contributed by atoms with Crippen molar-refractivity contribution in [3.63, 3.8) is 0 Å². The predicted octanol–water partition coefficient (Wildman–Crippen LogP) is 6.80. The van der Waals surface area contributed by atoms with Gasteiger partial charge in [0, 0.05) is 11.1 Å². The van der Waals surface area contributed by atoms with Gasteiger partial charge in [0.1, 0.15) is 29.6 Å². The van der Waals surface area contributed by atoms with Crippen LogP contribution in [0.25, 0.3) is 0 Å². The number of benzene rings is 2. The zero-order chi connectivity index (χ0) is 32.4. The van der Waals surface area contributed by atoms with Crippen LogP contribution in [0.15, 0.2) is 65.2 Å². The Balaban J connectivity index is 1.50. The highest BCUT2D eigenvalue weighted by atomic mass is 16.5. The summed E-state index contributed by atoms with van der Waals surface area (Å²) in [7, 11) is 0. The van der Waals surface area contributed by atoms with E-state index in [0.29, 0.717) is 29.7 Å². The maximum atomic E-state index is 14.7. The third kappa shape index (κ3) is 7.84. The molecule has 0 saturated heterocycles. The fourth-order valence-corrected chi connectivity index (χ4v) is 6.60. The number of nitrogens with one attached hydrogen (secondary N) is 2. The number of aliphatic imine (C=N–C) groups is 1. The van der Waals surface area contributed by atoms with Gasteiger partial charge in [0.25, 0.3) is 11.8 Å². The topological polar surface area (TPSA) is 121 Å². The highest BCUT2D eigenvalue weighted by Crippen LogP contribution is 2.48. The van der Waals surface area contributed by atoms with Gasteiger partial charge in [-0.15, -0.1) is 0 Å². The molecule has 2 aliphatic carbocycles. The molecule has 0 aromatic heterocycles. The lowest BCUT2D eigenvalue weighted by molar-refractivity contribution is -0.133. The molecule has 1 spiro atoms. The largest absolute Gasteiger partial charge is 0.489 e. The summed E-state index contributed by atoms with van der Waals surface area (Å²) >= 11 is 0. The summed E-state index contributed by atoms with van der Waals surface area (Å²) in [6.07, 6.45) is 8.57. The summed E-state index contributed by atoms with van der Waals surface area (Å²) in [4.78, 5) is 34.8. The zero-order valence-electron chi connectivity index (χ0n) is 27.5. The van der Waals surface area contributed by atoms with Gasteiger partial charge >= 0.3 is 0 Å². The third-order valence-electron chi connectivity index (χ3n) is 9.46. The van der Waals surface area contributed by atoms with E-state index in [4.69, 9.17) is 20.9 Å². The Hall–Kier alpha value is -3.94. The van der Waals surface area contributed by atoms with Crippen molar-refractivity contribution in [1.82, 2.24) is 10.2 Å². The molecule has 45 heavy (non-hydrogen) atoms. The molecule has 1 fully saturated rings. The van der Waals surface area contributed by atoms with Crippen LogP contribution in [0.1, 0.15) is 107 Å². The fraction of sp³-hybridized carbons (Fsp3) is 0.514. The van der Waals surface area contributed by atoms with Crippen LogP contribution in [-0.2, 0) is 4.79 Å². The maximum Gasteiger partial charge on any atom is 0.275 e.